The smallest absolute Gasteiger partial charge is 0.0872 e. The Kier molecular flexibility index (Phi) is 5.62. The molecule has 0 atom stereocenters. The molecule has 1 aromatic carbocycles. The normalized spacial score (nSPS) is 23.9. The Labute approximate surface area is 116 Å². The molecule has 0 aliphatic heterocycles. The van der Waals surface area contributed by atoms with Gasteiger partial charge in [-0.15, -0.1) is 0 Å². The van der Waals surface area contributed by atoms with Gasteiger partial charge in [0.05, 0.1) is 6.33 Å². The van der Waals surface area contributed by atoms with E-state index in [9.17, 15) is 4.39 Å². The van der Waals surface area contributed by atoms with Crippen LogP contribution in [0.5, 0.6) is 0 Å². The monoisotopic (exact) mass is 260 g/mol. The molecule has 0 saturated heterocycles. The van der Waals surface area contributed by atoms with E-state index >= 15 is 0 Å². The lowest BCUT2D eigenvalue weighted by atomic mass is 9.78. The molecule has 0 unspecified atom stereocenters. The third kappa shape index (κ3) is 4.49. The van der Waals surface area contributed by atoms with Gasteiger partial charge in [-0.3, -0.25) is 0 Å². The molecular formula is C18H25F. The fourth-order valence-electron chi connectivity index (χ4n) is 3.17. The van der Waals surface area contributed by atoms with Crippen molar-refractivity contribution in [1.29, 1.82) is 0 Å². The minimum Gasteiger partial charge on any atom is -0.216 e. The second-order valence-corrected chi connectivity index (χ2v) is 5.87. The van der Waals surface area contributed by atoms with Crippen molar-refractivity contribution in [2.75, 3.05) is 0 Å². The largest absolute Gasteiger partial charge is 0.216 e. The number of benzene rings is 1. The summed E-state index contributed by atoms with van der Waals surface area (Å²) in [5, 5.41) is 0. The molecule has 0 nitrogen and oxygen atoms in total. The molecule has 1 heteroatoms. The third-order valence-electron chi connectivity index (χ3n) is 4.62. The van der Waals surface area contributed by atoms with Crippen LogP contribution in [0.15, 0.2) is 30.6 Å². The highest BCUT2D eigenvalue weighted by Crippen LogP contribution is 2.33. The minimum absolute atomic E-state index is 0.598. The van der Waals surface area contributed by atoms with Crippen molar-refractivity contribution in [3.63, 3.8) is 0 Å². The molecule has 0 N–H and O–H groups in total. The summed E-state index contributed by atoms with van der Waals surface area (Å²) in [6.07, 6.45) is 11.6. The summed E-state index contributed by atoms with van der Waals surface area (Å²) >= 11 is 0. The zero-order valence-corrected chi connectivity index (χ0v) is 11.9. The number of hydrogen-bond donors (Lipinski definition) is 0. The number of halogens is 1. The zero-order chi connectivity index (χ0) is 13.5. The van der Waals surface area contributed by atoms with Crippen molar-refractivity contribution < 1.29 is 4.39 Å². The topological polar surface area (TPSA) is 0 Å². The Bertz CT molecular complexity index is 383. The first-order valence-corrected chi connectivity index (χ1v) is 7.67. The SMILES string of the molecule is CCC1CCC(CCc2ccc(/C=C/F)cc2)CC1. The number of rotatable bonds is 5. The average Bonchev–Trinajstić information content (AvgIpc) is 2.47. The molecular weight excluding hydrogens is 235 g/mol. The van der Waals surface area contributed by atoms with E-state index in [1.807, 2.05) is 12.1 Å². The lowest BCUT2D eigenvalue weighted by Gasteiger charge is -2.27. The number of hydrogen-bond acceptors (Lipinski definition) is 0. The molecule has 0 heterocycles. The van der Waals surface area contributed by atoms with Gasteiger partial charge in [0, 0.05) is 0 Å². The Morgan fingerprint density at radius 1 is 1.05 bits per heavy atom. The zero-order valence-electron chi connectivity index (χ0n) is 11.9. The molecule has 2 rings (SSSR count). The van der Waals surface area contributed by atoms with Crippen LogP contribution >= 0.6 is 0 Å². The van der Waals surface area contributed by atoms with E-state index in [-0.39, 0.29) is 0 Å². The van der Waals surface area contributed by atoms with Crippen LogP contribution in [0.25, 0.3) is 6.08 Å². The summed E-state index contributed by atoms with van der Waals surface area (Å²) in [5.74, 6) is 1.91. The molecule has 1 saturated carbocycles. The van der Waals surface area contributed by atoms with Gasteiger partial charge in [-0.25, -0.2) is 4.39 Å². The Morgan fingerprint density at radius 3 is 2.26 bits per heavy atom. The summed E-state index contributed by atoms with van der Waals surface area (Å²) in [5.41, 5.74) is 2.32. The summed E-state index contributed by atoms with van der Waals surface area (Å²) < 4.78 is 12.1. The maximum atomic E-state index is 12.1. The first kappa shape index (κ1) is 14.3. The van der Waals surface area contributed by atoms with Gasteiger partial charge in [-0.2, -0.15) is 0 Å². The van der Waals surface area contributed by atoms with Crippen LogP contribution in [0.1, 0.15) is 56.6 Å². The van der Waals surface area contributed by atoms with Crippen LogP contribution < -0.4 is 0 Å². The maximum Gasteiger partial charge on any atom is 0.0872 e. The predicted octanol–water partition coefficient (Wildman–Crippen LogP) is 5.78. The Morgan fingerprint density at radius 2 is 1.68 bits per heavy atom. The Hall–Kier alpha value is -1.11. The second-order valence-electron chi connectivity index (χ2n) is 5.87. The molecule has 0 amide bonds. The summed E-state index contributed by atoms with van der Waals surface area (Å²) in [7, 11) is 0. The van der Waals surface area contributed by atoms with Crippen molar-refractivity contribution >= 4 is 6.08 Å². The molecule has 0 bridgehead atoms. The van der Waals surface area contributed by atoms with E-state index in [0.29, 0.717) is 6.33 Å². The van der Waals surface area contributed by atoms with Gasteiger partial charge in [-0.1, -0.05) is 63.3 Å². The number of aryl methyl sites for hydroxylation is 1. The summed E-state index contributed by atoms with van der Waals surface area (Å²) in [6, 6.07) is 8.26. The standard InChI is InChI=1S/C18H25F/c1-2-15-3-5-16(6-4-15)7-8-17-9-11-18(12-10-17)13-14-19/h9-16H,2-8H2,1H3/b14-13+. The van der Waals surface area contributed by atoms with Crippen LogP contribution in [0.2, 0.25) is 0 Å². The predicted molar refractivity (Wildman–Crippen MR) is 80.6 cm³/mol. The lowest BCUT2D eigenvalue weighted by Crippen LogP contribution is -2.14. The fraction of sp³-hybridized carbons (Fsp3) is 0.556. The van der Waals surface area contributed by atoms with Crippen molar-refractivity contribution in [3.8, 4) is 0 Å². The van der Waals surface area contributed by atoms with E-state index in [0.717, 1.165) is 17.4 Å². The van der Waals surface area contributed by atoms with E-state index < -0.39 is 0 Å². The van der Waals surface area contributed by atoms with Gasteiger partial charge in [-0.05, 0) is 41.9 Å². The molecule has 1 aliphatic carbocycles. The fourth-order valence-corrected chi connectivity index (χ4v) is 3.17. The van der Waals surface area contributed by atoms with Crippen molar-refractivity contribution in [2.45, 2.75) is 51.9 Å². The van der Waals surface area contributed by atoms with Crippen LogP contribution in [0, 0.1) is 11.8 Å². The van der Waals surface area contributed by atoms with Crippen LogP contribution in [-0.4, -0.2) is 0 Å². The van der Waals surface area contributed by atoms with E-state index in [4.69, 9.17) is 0 Å². The molecule has 0 spiro atoms. The van der Waals surface area contributed by atoms with Gasteiger partial charge in [0.15, 0.2) is 0 Å². The molecule has 1 aromatic rings. The lowest BCUT2D eigenvalue weighted by molar-refractivity contribution is 0.259. The Balaban J connectivity index is 1.76. The summed E-state index contributed by atoms with van der Waals surface area (Å²) in [4.78, 5) is 0. The van der Waals surface area contributed by atoms with E-state index in [2.05, 4.69) is 19.1 Å². The van der Waals surface area contributed by atoms with Crippen molar-refractivity contribution in [2.24, 2.45) is 11.8 Å². The highest BCUT2D eigenvalue weighted by Gasteiger charge is 2.19. The van der Waals surface area contributed by atoms with Gasteiger partial charge in [0.25, 0.3) is 0 Å². The van der Waals surface area contributed by atoms with Gasteiger partial charge >= 0.3 is 0 Å². The molecule has 1 fully saturated rings. The van der Waals surface area contributed by atoms with Gasteiger partial charge in [0.2, 0.25) is 0 Å². The van der Waals surface area contributed by atoms with Crippen LogP contribution in [0.3, 0.4) is 0 Å². The molecule has 19 heavy (non-hydrogen) atoms. The van der Waals surface area contributed by atoms with Gasteiger partial charge < -0.3 is 0 Å². The molecule has 1 aliphatic rings. The molecule has 0 aromatic heterocycles. The third-order valence-corrected chi connectivity index (χ3v) is 4.62. The second kappa shape index (κ2) is 7.47. The highest BCUT2D eigenvalue weighted by atomic mass is 19.1. The first-order valence-electron chi connectivity index (χ1n) is 7.67. The summed E-state index contributed by atoms with van der Waals surface area (Å²) in [6.45, 7) is 2.32. The van der Waals surface area contributed by atoms with E-state index in [1.54, 1.807) is 0 Å². The average molecular weight is 260 g/mol. The quantitative estimate of drug-likeness (QED) is 0.630. The first-order chi connectivity index (χ1) is 9.31. The van der Waals surface area contributed by atoms with Crippen LogP contribution in [-0.2, 0) is 6.42 Å². The minimum atomic E-state index is 0.598. The van der Waals surface area contributed by atoms with Crippen molar-refractivity contribution in [1.82, 2.24) is 0 Å². The van der Waals surface area contributed by atoms with Crippen LogP contribution in [0.4, 0.5) is 4.39 Å². The van der Waals surface area contributed by atoms with E-state index in [1.165, 1.54) is 56.6 Å². The molecule has 0 radical (unpaired) electrons. The van der Waals surface area contributed by atoms with Gasteiger partial charge in [0.1, 0.15) is 0 Å². The highest BCUT2D eigenvalue weighted by molar-refractivity contribution is 5.48. The maximum absolute atomic E-state index is 12.1. The van der Waals surface area contributed by atoms with Crippen molar-refractivity contribution in [3.05, 3.63) is 41.7 Å². The molecule has 104 valence electrons.